The van der Waals surface area contributed by atoms with E-state index in [1.807, 2.05) is 0 Å². The lowest BCUT2D eigenvalue weighted by Gasteiger charge is -2.24. The Kier molecular flexibility index (Phi) is 4.63. The topological polar surface area (TPSA) is 26.2 Å². The molecule has 3 nitrogen and oxygen atoms in total. The highest BCUT2D eigenvalue weighted by molar-refractivity contribution is 5.11. The number of nitrogens with one attached hydrogen (secondary N) is 1. The Bertz CT molecular complexity index is 329. The quantitative estimate of drug-likeness (QED) is 0.850. The first-order valence-corrected chi connectivity index (χ1v) is 6.77. The maximum atomic E-state index is 5.41. The van der Waals surface area contributed by atoms with Gasteiger partial charge in [-0.25, -0.2) is 0 Å². The van der Waals surface area contributed by atoms with Gasteiger partial charge < -0.3 is 14.6 Å². The van der Waals surface area contributed by atoms with E-state index in [9.17, 15) is 0 Å². The Balaban J connectivity index is 1.97. The van der Waals surface area contributed by atoms with Crippen molar-refractivity contribution in [1.82, 2.24) is 9.88 Å². The molecule has 0 bridgehead atoms. The third-order valence-corrected chi connectivity index (χ3v) is 3.61. The minimum Gasteiger partial charge on any atom is -0.381 e. The minimum absolute atomic E-state index is 0.440. The van der Waals surface area contributed by atoms with Gasteiger partial charge in [0, 0.05) is 37.7 Å². The fourth-order valence-corrected chi connectivity index (χ4v) is 2.60. The number of rotatable bonds is 5. The van der Waals surface area contributed by atoms with Crippen LogP contribution in [0.5, 0.6) is 0 Å². The SMILES string of the molecule is CCNC(C)c1cccn1CC1CCOCC1. The molecule has 2 heterocycles. The molecule has 1 aliphatic rings. The van der Waals surface area contributed by atoms with E-state index < -0.39 is 0 Å². The van der Waals surface area contributed by atoms with Gasteiger partial charge in [0.1, 0.15) is 0 Å². The molecule has 3 heteroatoms. The van der Waals surface area contributed by atoms with Gasteiger partial charge in [0.25, 0.3) is 0 Å². The number of nitrogens with zero attached hydrogens (tertiary/aromatic N) is 1. The first-order chi connectivity index (χ1) is 8.31. The lowest BCUT2D eigenvalue weighted by molar-refractivity contribution is 0.0609. The fraction of sp³-hybridized carbons (Fsp3) is 0.714. The van der Waals surface area contributed by atoms with E-state index in [0.29, 0.717) is 6.04 Å². The highest BCUT2D eigenvalue weighted by Gasteiger charge is 2.16. The number of hydrogen-bond donors (Lipinski definition) is 1. The van der Waals surface area contributed by atoms with Crippen LogP contribution in [0.25, 0.3) is 0 Å². The molecule has 0 amide bonds. The molecule has 96 valence electrons. The molecule has 1 fully saturated rings. The molecule has 1 aliphatic heterocycles. The van der Waals surface area contributed by atoms with Crippen molar-refractivity contribution in [3.63, 3.8) is 0 Å². The summed E-state index contributed by atoms with van der Waals surface area (Å²) in [4.78, 5) is 0. The lowest BCUT2D eigenvalue weighted by Crippen LogP contribution is -2.24. The Hall–Kier alpha value is -0.800. The summed E-state index contributed by atoms with van der Waals surface area (Å²) in [5, 5.41) is 3.48. The molecule has 0 spiro atoms. The van der Waals surface area contributed by atoms with E-state index in [1.54, 1.807) is 0 Å². The van der Waals surface area contributed by atoms with Crippen LogP contribution in [-0.4, -0.2) is 24.3 Å². The van der Waals surface area contributed by atoms with Crippen LogP contribution in [0.4, 0.5) is 0 Å². The third-order valence-electron chi connectivity index (χ3n) is 3.61. The van der Waals surface area contributed by atoms with Crippen LogP contribution in [0.15, 0.2) is 18.3 Å². The van der Waals surface area contributed by atoms with E-state index in [0.717, 1.165) is 32.2 Å². The molecule has 0 radical (unpaired) electrons. The van der Waals surface area contributed by atoms with Crippen LogP contribution in [0.3, 0.4) is 0 Å². The molecule has 1 aromatic heterocycles. The maximum absolute atomic E-state index is 5.41. The smallest absolute Gasteiger partial charge is 0.0469 e. The van der Waals surface area contributed by atoms with Crippen molar-refractivity contribution in [2.75, 3.05) is 19.8 Å². The largest absolute Gasteiger partial charge is 0.381 e. The Morgan fingerprint density at radius 1 is 1.47 bits per heavy atom. The summed E-state index contributed by atoms with van der Waals surface area (Å²) in [5.74, 6) is 0.781. The standard InChI is InChI=1S/C14H24N2O/c1-3-15-12(2)14-5-4-8-16(14)11-13-6-9-17-10-7-13/h4-5,8,12-13,15H,3,6-7,9-11H2,1-2H3. The second kappa shape index (κ2) is 6.22. The molecule has 1 atom stereocenters. The van der Waals surface area contributed by atoms with E-state index in [4.69, 9.17) is 4.74 Å². The van der Waals surface area contributed by atoms with Gasteiger partial charge in [0.05, 0.1) is 0 Å². The summed E-state index contributed by atoms with van der Waals surface area (Å²) >= 11 is 0. The molecule has 1 saturated heterocycles. The lowest BCUT2D eigenvalue weighted by atomic mass is 10.0. The van der Waals surface area contributed by atoms with Crippen molar-refractivity contribution in [1.29, 1.82) is 0 Å². The molecule has 0 aliphatic carbocycles. The van der Waals surface area contributed by atoms with Crippen molar-refractivity contribution < 1.29 is 4.74 Å². The minimum atomic E-state index is 0.440. The summed E-state index contributed by atoms with van der Waals surface area (Å²) in [6, 6.07) is 4.82. The molecule has 1 N–H and O–H groups in total. The first kappa shape index (κ1) is 12.7. The molecule has 0 saturated carbocycles. The molecular weight excluding hydrogens is 212 g/mol. The van der Waals surface area contributed by atoms with Crippen molar-refractivity contribution in [3.05, 3.63) is 24.0 Å². The average molecular weight is 236 g/mol. The van der Waals surface area contributed by atoms with E-state index in [2.05, 4.69) is 42.1 Å². The van der Waals surface area contributed by atoms with Crippen LogP contribution >= 0.6 is 0 Å². The molecule has 17 heavy (non-hydrogen) atoms. The second-order valence-corrected chi connectivity index (χ2v) is 4.92. The zero-order valence-corrected chi connectivity index (χ0v) is 11.0. The molecule has 2 rings (SSSR count). The van der Waals surface area contributed by atoms with E-state index in [1.165, 1.54) is 18.5 Å². The molecule has 0 aromatic carbocycles. The zero-order valence-electron chi connectivity index (χ0n) is 11.0. The fourth-order valence-electron chi connectivity index (χ4n) is 2.60. The van der Waals surface area contributed by atoms with Gasteiger partial charge in [-0.2, -0.15) is 0 Å². The van der Waals surface area contributed by atoms with Crippen LogP contribution < -0.4 is 5.32 Å². The van der Waals surface area contributed by atoms with Gasteiger partial charge in [-0.3, -0.25) is 0 Å². The summed E-state index contributed by atoms with van der Waals surface area (Å²) in [6.45, 7) is 8.42. The van der Waals surface area contributed by atoms with Crippen LogP contribution in [0.1, 0.15) is 38.4 Å². The van der Waals surface area contributed by atoms with Gasteiger partial charge in [-0.15, -0.1) is 0 Å². The van der Waals surface area contributed by atoms with Crippen molar-refractivity contribution in [2.45, 2.75) is 39.3 Å². The predicted octanol–water partition coefficient (Wildman–Crippen LogP) is 2.59. The normalized spacial score (nSPS) is 19.4. The van der Waals surface area contributed by atoms with Gasteiger partial charge in [-0.05, 0) is 44.4 Å². The van der Waals surface area contributed by atoms with Crippen molar-refractivity contribution in [3.8, 4) is 0 Å². The number of ether oxygens (including phenoxy) is 1. The van der Waals surface area contributed by atoms with Gasteiger partial charge in [0.15, 0.2) is 0 Å². The van der Waals surface area contributed by atoms with Crippen molar-refractivity contribution in [2.24, 2.45) is 5.92 Å². The first-order valence-electron chi connectivity index (χ1n) is 6.77. The third kappa shape index (κ3) is 3.33. The number of aromatic nitrogens is 1. The zero-order chi connectivity index (χ0) is 12.1. The maximum Gasteiger partial charge on any atom is 0.0469 e. The Morgan fingerprint density at radius 3 is 2.94 bits per heavy atom. The molecular formula is C14H24N2O. The highest BCUT2D eigenvalue weighted by atomic mass is 16.5. The Morgan fingerprint density at radius 2 is 2.24 bits per heavy atom. The van der Waals surface area contributed by atoms with Gasteiger partial charge in [0.2, 0.25) is 0 Å². The summed E-state index contributed by atoms with van der Waals surface area (Å²) < 4.78 is 7.82. The molecule has 1 aromatic rings. The Labute approximate surface area is 104 Å². The summed E-state index contributed by atoms with van der Waals surface area (Å²) in [5.41, 5.74) is 1.40. The van der Waals surface area contributed by atoms with Crippen LogP contribution in [0, 0.1) is 5.92 Å². The summed E-state index contributed by atoms with van der Waals surface area (Å²) in [7, 11) is 0. The van der Waals surface area contributed by atoms with Gasteiger partial charge in [-0.1, -0.05) is 6.92 Å². The number of hydrogen-bond acceptors (Lipinski definition) is 2. The van der Waals surface area contributed by atoms with Crippen LogP contribution in [0.2, 0.25) is 0 Å². The average Bonchev–Trinajstić information content (AvgIpc) is 2.79. The summed E-state index contributed by atoms with van der Waals surface area (Å²) in [6.07, 6.45) is 4.61. The van der Waals surface area contributed by atoms with Crippen LogP contribution in [-0.2, 0) is 11.3 Å². The highest BCUT2D eigenvalue weighted by Crippen LogP contribution is 2.20. The van der Waals surface area contributed by atoms with E-state index in [-0.39, 0.29) is 0 Å². The van der Waals surface area contributed by atoms with E-state index >= 15 is 0 Å². The predicted molar refractivity (Wildman–Crippen MR) is 70.1 cm³/mol. The monoisotopic (exact) mass is 236 g/mol. The molecule has 1 unspecified atom stereocenters. The second-order valence-electron chi connectivity index (χ2n) is 4.92. The van der Waals surface area contributed by atoms with Gasteiger partial charge >= 0.3 is 0 Å². The van der Waals surface area contributed by atoms with Crippen molar-refractivity contribution >= 4 is 0 Å².